The SMILES string of the molecule is CC1(Cn2c(C(F)(F)F)nc3cc(N)ccc32)CCC1. The first-order valence-corrected chi connectivity index (χ1v) is 6.61. The van der Waals surface area contributed by atoms with E-state index in [0.29, 0.717) is 23.3 Å². The summed E-state index contributed by atoms with van der Waals surface area (Å²) in [4.78, 5) is 3.75. The highest BCUT2D eigenvalue weighted by molar-refractivity contribution is 5.79. The van der Waals surface area contributed by atoms with Gasteiger partial charge in [0.1, 0.15) is 0 Å². The molecule has 3 nitrogen and oxygen atoms in total. The lowest BCUT2D eigenvalue weighted by atomic mass is 9.70. The molecule has 1 fully saturated rings. The van der Waals surface area contributed by atoms with Gasteiger partial charge in [-0.3, -0.25) is 0 Å². The van der Waals surface area contributed by atoms with Crippen LogP contribution >= 0.6 is 0 Å². The fourth-order valence-electron chi connectivity index (χ4n) is 2.84. The molecule has 2 aromatic rings. The van der Waals surface area contributed by atoms with Gasteiger partial charge in [0.25, 0.3) is 0 Å². The zero-order valence-electron chi connectivity index (χ0n) is 11.2. The van der Waals surface area contributed by atoms with Crippen molar-refractivity contribution in [1.29, 1.82) is 0 Å². The molecular formula is C14H16F3N3. The molecule has 108 valence electrons. The minimum absolute atomic E-state index is 0.0605. The summed E-state index contributed by atoms with van der Waals surface area (Å²) in [6.07, 6.45) is -1.46. The number of rotatable bonds is 2. The van der Waals surface area contributed by atoms with Crippen LogP contribution in [0.2, 0.25) is 0 Å². The number of alkyl halides is 3. The zero-order chi connectivity index (χ0) is 14.5. The number of nitrogens with two attached hydrogens (primary N) is 1. The Hall–Kier alpha value is -1.72. The van der Waals surface area contributed by atoms with Gasteiger partial charge in [-0.25, -0.2) is 4.98 Å². The first-order valence-electron chi connectivity index (χ1n) is 6.61. The predicted molar refractivity (Wildman–Crippen MR) is 71.1 cm³/mol. The van der Waals surface area contributed by atoms with Crippen LogP contribution in [0.4, 0.5) is 18.9 Å². The molecule has 0 radical (unpaired) electrons. The Morgan fingerprint density at radius 2 is 2.05 bits per heavy atom. The van der Waals surface area contributed by atoms with Crippen LogP contribution in [0.15, 0.2) is 18.2 Å². The molecule has 0 bridgehead atoms. The molecule has 0 atom stereocenters. The Kier molecular flexibility index (Phi) is 2.74. The van der Waals surface area contributed by atoms with Gasteiger partial charge in [0, 0.05) is 12.2 Å². The van der Waals surface area contributed by atoms with Crippen molar-refractivity contribution in [3.8, 4) is 0 Å². The Morgan fingerprint density at radius 1 is 1.35 bits per heavy atom. The highest BCUT2D eigenvalue weighted by Crippen LogP contribution is 2.43. The van der Waals surface area contributed by atoms with E-state index in [1.165, 1.54) is 10.6 Å². The maximum atomic E-state index is 13.2. The summed E-state index contributed by atoms with van der Waals surface area (Å²) in [6, 6.07) is 4.73. The lowest BCUT2D eigenvalue weighted by Gasteiger charge is -2.39. The molecule has 6 heteroatoms. The molecule has 3 rings (SSSR count). The van der Waals surface area contributed by atoms with Gasteiger partial charge in [0.15, 0.2) is 0 Å². The van der Waals surface area contributed by atoms with E-state index in [-0.39, 0.29) is 5.41 Å². The molecule has 0 spiro atoms. The third kappa shape index (κ3) is 2.13. The quantitative estimate of drug-likeness (QED) is 0.851. The lowest BCUT2D eigenvalue weighted by molar-refractivity contribution is -0.147. The Bertz CT molecular complexity index is 653. The van der Waals surface area contributed by atoms with Gasteiger partial charge >= 0.3 is 6.18 Å². The van der Waals surface area contributed by atoms with E-state index in [1.54, 1.807) is 12.1 Å². The molecule has 1 saturated carbocycles. The Labute approximate surface area is 114 Å². The number of fused-ring (bicyclic) bond motifs is 1. The van der Waals surface area contributed by atoms with Crippen molar-refractivity contribution in [3.63, 3.8) is 0 Å². The van der Waals surface area contributed by atoms with Gasteiger partial charge in [-0.15, -0.1) is 0 Å². The smallest absolute Gasteiger partial charge is 0.399 e. The molecule has 1 aromatic heterocycles. The fraction of sp³-hybridized carbons (Fsp3) is 0.500. The summed E-state index contributed by atoms with van der Waals surface area (Å²) in [7, 11) is 0. The summed E-state index contributed by atoms with van der Waals surface area (Å²) in [6.45, 7) is 2.38. The second-order valence-electron chi connectivity index (χ2n) is 5.93. The second kappa shape index (κ2) is 4.14. The highest BCUT2D eigenvalue weighted by atomic mass is 19.4. The largest absolute Gasteiger partial charge is 0.449 e. The summed E-state index contributed by atoms with van der Waals surface area (Å²) in [5.41, 5.74) is 6.79. The van der Waals surface area contributed by atoms with Crippen LogP contribution in [0.1, 0.15) is 32.0 Å². The lowest BCUT2D eigenvalue weighted by Crippen LogP contribution is -2.32. The second-order valence-corrected chi connectivity index (χ2v) is 5.93. The third-order valence-electron chi connectivity index (χ3n) is 4.13. The molecule has 20 heavy (non-hydrogen) atoms. The van der Waals surface area contributed by atoms with Gasteiger partial charge in [-0.1, -0.05) is 13.3 Å². The fourth-order valence-corrected chi connectivity index (χ4v) is 2.84. The molecule has 1 aromatic carbocycles. The minimum atomic E-state index is -4.45. The number of imidazole rings is 1. The van der Waals surface area contributed by atoms with Crippen LogP contribution in [-0.4, -0.2) is 9.55 Å². The van der Waals surface area contributed by atoms with Crippen molar-refractivity contribution in [1.82, 2.24) is 9.55 Å². The van der Waals surface area contributed by atoms with Crippen molar-refractivity contribution in [2.45, 2.75) is 38.9 Å². The number of halogens is 3. The normalized spacial score (nSPS) is 18.2. The predicted octanol–water partition coefficient (Wildman–Crippen LogP) is 3.83. The van der Waals surface area contributed by atoms with Crippen LogP contribution in [0.25, 0.3) is 11.0 Å². The molecule has 0 saturated heterocycles. The number of benzene rings is 1. The average Bonchev–Trinajstić information content (AvgIpc) is 2.65. The minimum Gasteiger partial charge on any atom is -0.399 e. The molecule has 1 heterocycles. The first-order chi connectivity index (χ1) is 9.28. The van der Waals surface area contributed by atoms with Crippen molar-refractivity contribution in [2.75, 3.05) is 5.73 Å². The van der Waals surface area contributed by atoms with E-state index < -0.39 is 12.0 Å². The van der Waals surface area contributed by atoms with Crippen LogP contribution < -0.4 is 5.73 Å². The topological polar surface area (TPSA) is 43.8 Å². The van der Waals surface area contributed by atoms with E-state index in [4.69, 9.17) is 5.73 Å². The molecule has 1 aliphatic carbocycles. The summed E-state index contributed by atoms with van der Waals surface area (Å²) in [5, 5.41) is 0. The molecular weight excluding hydrogens is 267 g/mol. The molecule has 2 N–H and O–H groups in total. The summed E-state index contributed by atoms with van der Waals surface area (Å²) < 4.78 is 40.8. The molecule has 1 aliphatic rings. The van der Waals surface area contributed by atoms with E-state index in [2.05, 4.69) is 4.98 Å². The zero-order valence-corrected chi connectivity index (χ0v) is 11.2. The Morgan fingerprint density at radius 3 is 2.60 bits per heavy atom. The van der Waals surface area contributed by atoms with Crippen LogP contribution in [-0.2, 0) is 12.7 Å². The third-order valence-corrected chi connectivity index (χ3v) is 4.13. The number of hydrogen-bond acceptors (Lipinski definition) is 2. The molecule has 0 amide bonds. The van der Waals surface area contributed by atoms with Gasteiger partial charge in [-0.05, 0) is 36.5 Å². The summed E-state index contributed by atoms with van der Waals surface area (Å²) >= 11 is 0. The number of nitrogens with zero attached hydrogens (tertiary/aromatic N) is 2. The monoisotopic (exact) mass is 283 g/mol. The Balaban J connectivity index is 2.15. The maximum Gasteiger partial charge on any atom is 0.449 e. The standard InChI is InChI=1S/C14H16F3N3/c1-13(5-2-6-13)8-20-11-4-3-9(18)7-10(11)19-12(20)14(15,16)17/h3-4,7H,2,5-6,8,18H2,1H3. The molecule has 0 unspecified atom stereocenters. The average molecular weight is 283 g/mol. The van der Waals surface area contributed by atoms with Crippen LogP contribution in [0.5, 0.6) is 0 Å². The number of nitrogen functional groups attached to an aromatic ring is 1. The molecule has 0 aliphatic heterocycles. The van der Waals surface area contributed by atoms with Crippen LogP contribution in [0, 0.1) is 5.41 Å². The van der Waals surface area contributed by atoms with Crippen molar-refractivity contribution < 1.29 is 13.2 Å². The van der Waals surface area contributed by atoms with Gasteiger partial charge in [0.2, 0.25) is 5.82 Å². The maximum absolute atomic E-state index is 13.2. The van der Waals surface area contributed by atoms with E-state index in [0.717, 1.165) is 19.3 Å². The number of anilines is 1. The van der Waals surface area contributed by atoms with Crippen molar-refractivity contribution in [3.05, 3.63) is 24.0 Å². The van der Waals surface area contributed by atoms with Crippen molar-refractivity contribution >= 4 is 16.7 Å². The van der Waals surface area contributed by atoms with Crippen molar-refractivity contribution in [2.24, 2.45) is 5.41 Å². The van der Waals surface area contributed by atoms with E-state index >= 15 is 0 Å². The van der Waals surface area contributed by atoms with Gasteiger partial charge < -0.3 is 10.3 Å². The van der Waals surface area contributed by atoms with E-state index in [9.17, 15) is 13.2 Å². The van der Waals surface area contributed by atoms with Gasteiger partial charge in [-0.2, -0.15) is 13.2 Å². The highest BCUT2D eigenvalue weighted by Gasteiger charge is 2.40. The summed E-state index contributed by atoms with van der Waals surface area (Å²) in [5.74, 6) is -0.828. The van der Waals surface area contributed by atoms with Crippen LogP contribution in [0.3, 0.4) is 0 Å². The number of hydrogen-bond donors (Lipinski definition) is 1. The number of aromatic nitrogens is 2. The van der Waals surface area contributed by atoms with E-state index in [1.807, 2.05) is 6.92 Å². The first kappa shape index (κ1) is 13.3. The van der Waals surface area contributed by atoms with Gasteiger partial charge in [0.05, 0.1) is 11.0 Å².